The summed E-state index contributed by atoms with van der Waals surface area (Å²) in [6.07, 6.45) is 1.67. The molecule has 9 heteroatoms. The van der Waals surface area contributed by atoms with Crippen molar-refractivity contribution < 1.29 is 9.47 Å². The van der Waals surface area contributed by atoms with Crippen LogP contribution >= 0.6 is 12.2 Å². The van der Waals surface area contributed by atoms with E-state index >= 15 is 0 Å². The molecule has 3 aromatic rings. The van der Waals surface area contributed by atoms with E-state index in [1.54, 1.807) is 13.3 Å². The summed E-state index contributed by atoms with van der Waals surface area (Å²) in [7, 11) is 1.60. The maximum absolute atomic E-state index is 5.51. The molecule has 0 saturated carbocycles. The van der Waals surface area contributed by atoms with E-state index in [4.69, 9.17) is 21.7 Å². The van der Waals surface area contributed by atoms with Crippen LogP contribution in [0.4, 0.5) is 0 Å². The number of hydrogen-bond acceptors (Lipinski definition) is 6. The second kappa shape index (κ2) is 7.31. The van der Waals surface area contributed by atoms with Crippen LogP contribution in [-0.4, -0.2) is 45.0 Å². The van der Waals surface area contributed by atoms with E-state index in [1.165, 1.54) is 4.68 Å². The molecule has 1 aromatic carbocycles. The summed E-state index contributed by atoms with van der Waals surface area (Å²) in [4.78, 5) is 0. The van der Waals surface area contributed by atoms with Crippen LogP contribution in [0.2, 0.25) is 0 Å². The number of nitrogens with one attached hydrogen (secondary N) is 2. The van der Waals surface area contributed by atoms with Gasteiger partial charge in [0, 0.05) is 5.69 Å². The molecule has 0 spiro atoms. The lowest BCUT2D eigenvalue weighted by Gasteiger charge is -2.09. The van der Waals surface area contributed by atoms with Crippen LogP contribution in [0.1, 0.15) is 18.2 Å². The first-order valence-corrected chi connectivity index (χ1v) is 8.08. The number of aryl methyl sites for hydroxylation is 1. The number of aromatic nitrogens is 5. The first kappa shape index (κ1) is 16.9. The Balaban J connectivity index is 1.93. The SMILES string of the molecule is CCOc1ccc(C=Nn2c(-c3cc(C)[nH]n3)n[nH]c2=S)cc1OC. The molecular formula is C16H18N6O2S. The average molecular weight is 358 g/mol. The lowest BCUT2D eigenvalue weighted by molar-refractivity contribution is 0.311. The van der Waals surface area contributed by atoms with Gasteiger partial charge in [-0.3, -0.25) is 5.10 Å². The molecule has 0 aliphatic carbocycles. The molecule has 2 aromatic heterocycles. The van der Waals surface area contributed by atoms with E-state index in [0.717, 1.165) is 11.3 Å². The van der Waals surface area contributed by atoms with E-state index < -0.39 is 0 Å². The van der Waals surface area contributed by atoms with Crippen molar-refractivity contribution in [3.8, 4) is 23.0 Å². The third kappa shape index (κ3) is 3.61. The summed E-state index contributed by atoms with van der Waals surface area (Å²) >= 11 is 5.25. The summed E-state index contributed by atoms with van der Waals surface area (Å²) in [5, 5.41) is 18.4. The Morgan fingerprint density at radius 2 is 2.08 bits per heavy atom. The van der Waals surface area contributed by atoms with Crippen LogP contribution in [0.5, 0.6) is 11.5 Å². The second-order valence-electron chi connectivity index (χ2n) is 5.19. The van der Waals surface area contributed by atoms with Gasteiger partial charge in [-0.15, -0.1) is 0 Å². The van der Waals surface area contributed by atoms with E-state index in [2.05, 4.69) is 25.5 Å². The lowest BCUT2D eigenvalue weighted by atomic mass is 10.2. The molecule has 2 N–H and O–H groups in total. The molecule has 0 unspecified atom stereocenters. The van der Waals surface area contributed by atoms with Crippen LogP contribution in [0.3, 0.4) is 0 Å². The van der Waals surface area contributed by atoms with Gasteiger partial charge in [0.25, 0.3) is 0 Å². The standard InChI is InChI=1S/C16H18N6O2S/c1-4-24-13-6-5-11(8-14(13)23-3)9-17-22-15(20-21-16(22)25)12-7-10(2)18-19-12/h5-9H,4H2,1-3H3,(H,18,19)(H,21,25). The minimum absolute atomic E-state index is 0.379. The third-order valence-corrected chi connectivity index (χ3v) is 3.66. The van der Waals surface area contributed by atoms with Crippen molar-refractivity contribution in [2.75, 3.05) is 13.7 Å². The number of hydrogen-bond donors (Lipinski definition) is 2. The Kier molecular flexibility index (Phi) is 4.94. The number of ether oxygens (including phenoxy) is 2. The zero-order valence-electron chi connectivity index (χ0n) is 14.1. The fraction of sp³-hybridized carbons (Fsp3) is 0.250. The predicted molar refractivity (Wildman–Crippen MR) is 96.9 cm³/mol. The highest BCUT2D eigenvalue weighted by molar-refractivity contribution is 7.71. The van der Waals surface area contributed by atoms with Gasteiger partial charge in [0.05, 0.1) is 19.9 Å². The maximum atomic E-state index is 5.51. The molecule has 3 rings (SSSR count). The van der Waals surface area contributed by atoms with Crippen molar-refractivity contribution >= 4 is 18.4 Å². The molecule has 2 heterocycles. The molecule has 0 atom stereocenters. The highest BCUT2D eigenvalue weighted by Gasteiger charge is 2.11. The first-order valence-electron chi connectivity index (χ1n) is 7.67. The smallest absolute Gasteiger partial charge is 0.216 e. The van der Waals surface area contributed by atoms with Gasteiger partial charge in [-0.25, -0.2) is 5.10 Å². The van der Waals surface area contributed by atoms with Crippen molar-refractivity contribution in [3.63, 3.8) is 0 Å². The van der Waals surface area contributed by atoms with Crippen LogP contribution < -0.4 is 9.47 Å². The topological polar surface area (TPSA) is 93.1 Å². The Labute approximate surface area is 149 Å². The minimum Gasteiger partial charge on any atom is -0.493 e. The molecule has 0 amide bonds. The van der Waals surface area contributed by atoms with E-state index in [9.17, 15) is 0 Å². The number of rotatable bonds is 6. The van der Waals surface area contributed by atoms with E-state index in [0.29, 0.717) is 34.4 Å². The predicted octanol–water partition coefficient (Wildman–Crippen LogP) is 2.93. The van der Waals surface area contributed by atoms with Gasteiger partial charge >= 0.3 is 0 Å². The van der Waals surface area contributed by atoms with E-state index in [1.807, 2.05) is 38.1 Å². The summed E-state index contributed by atoms with van der Waals surface area (Å²) in [6, 6.07) is 7.45. The number of benzene rings is 1. The third-order valence-electron chi connectivity index (χ3n) is 3.40. The van der Waals surface area contributed by atoms with Crippen molar-refractivity contribution in [2.24, 2.45) is 5.10 Å². The van der Waals surface area contributed by atoms with Gasteiger partial charge in [0.2, 0.25) is 10.6 Å². The highest BCUT2D eigenvalue weighted by Crippen LogP contribution is 2.27. The normalized spacial score (nSPS) is 11.2. The second-order valence-corrected chi connectivity index (χ2v) is 5.57. The van der Waals surface area contributed by atoms with Gasteiger partial charge in [0.1, 0.15) is 5.69 Å². The quantitative estimate of drug-likeness (QED) is 0.522. The maximum Gasteiger partial charge on any atom is 0.216 e. The molecule has 25 heavy (non-hydrogen) atoms. The molecule has 130 valence electrons. The largest absolute Gasteiger partial charge is 0.493 e. The number of methoxy groups -OCH3 is 1. The summed E-state index contributed by atoms with van der Waals surface area (Å²) < 4.78 is 12.8. The zero-order valence-corrected chi connectivity index (χ0v) is 14.9. The van der Waals surface area contributed by atoms with Crippen molar-refractivity contribution in [1.29, 1.82) is 0 Å². The molecule has 0 bridgehead atoms. The van der Waals surface area contributed by atoms with E-state index in [-0.39, 0.29) is 0 Å². The molecule has 0 aliphatic heterocycles. The van der Waals surface area contributed by atoms with Crippen molar-refractivity contribution in [1.82, 2.24) is 25.1 Å². The summed E-state index contributed by atoms with van der Waals surface area (Å²) in [5.41, 5.74) is 2.43. The Bertz CT molecular complexity index is 956. The number of aromatic amines is 2. The molecular weight excluding hydrogens is 340 g/mol. The number of H-pyrrole nitrogens is 2. The number of nitrogens with zero attached hydrogens (tertiary/aromatic N) is 4. The Morgan fingerprint density at radius 3 is 2.76 bits per heavy atom. The highest BCUT2D eigenvalue weighted by atomic mass is 32.1. The van der Waals surface area contributed by atoms with Crippen molar-refractivity contribution in [3.05, 3.63) is 40.3 Å². The summed E-state index contributed by atoms with van der Waals surface area (Å²) in [5.74, 6) is 1.86. The fourth-order valence-corrected chi connectivity index (χ4v) is 2.44. The van der Waals surface area contributed by atoms with Gasteiger partial charge in [-0.1, -0.05) is 0 Å². The molecule has 0 aliphatic rings. The van der Waals surface area contributed by atoms with Crippen LogP contribution in [0.15, 0.2) is 29.4 Å². The Morgan fingerprint density at radius 1 is 1.24 bits per heavy atom. The van der Waals surface area contributed by atoms with Crippen LogP contribution in [0, 0.1) is 11.7 Å². The molecule has 0 fully saturated rings. The van der Waals surface area contributed by atoms with Crippen LogP contribution in [0.25, 0.3) is 11.5 Å². The lowest BCUT2D eigenvalue weighted by Crippen LogP contribution is -1.98. The zero-order chi connectivity index (χ0) is 17.8. The molecule has 8 nitrogen and oxygen atoms in total. The summed E-state index contributed by atoms with van der Waals surface area (Å²) in [6.45, 7) is 4.41. The molecule has 0 saturated heterocycles. The monoisotopic (exact) mass is 358 g/mol. The van der Waals surface area contributed by atoms with Gasteiger partial charge in [0.15, 0.2) is 11.5 Å². The first-order chi connectivity index (χ1) is 12.1. The van der Waals surface area contributed by atoms with Gasteiger partial charge in [-0.05, 0) is 55.9 Å². The van der Waals surface area contributed by atoms with Crippen molar-refractivity contribution in [2.45, 2.75) is 13.8 Å². The van der Waals surface area contributed by atoms with Crippen LogP contribution in [-0.2, 0) is 0 Å². The molecule has 0 radical (unpaired) electrons. The average Bonchev–Trinajstić information content (AvgIpc) is 3.19. The Hall–Kier alpha value is -2.94. The van der Waals surface area contributed by atoms with Gasteiger partial charge < -0.3 is 9.47 Å². The van der Waals surface area contributed by atoms with Gasteiger partial charge in [-0.2, -0.15) is 20.0 Å². The fourth-order valence-electron chi connectivity index (χ4n) is 2.26. The minimum atomic E-state index is 0.379.